The highest BCUT2D eigenvalue weighted by Crippen LogP contribution is 2.34. The van der Waals surface area contributed by atoms with Crippen molar-refractivity contribution in [2.45, 2.75) is 52.9 Å². The van der Waals surface area contributed by atoms with Gasteiger partial charge in [0.05, 0.1) is 0 Å². The number of piperidine rings is 2. The van der Waals surface area contributed by atoms with E-state index in [9.17, 15) is 4.79 Å². The average Bonchev–Trinajstić information content (AvgIpc) is 2.38. The van der Waals surface area contributed by atoms with E-state index in [4.69, 9.17) is 0 Å². The van der Waals surface area contributed by atoms with E-state index in [1.165, 1.54) is 32.1 Å². The summed E-state index contributed by atoms with van der Waals surface area (Å²) in [4.78, 5) is 16.5. The molecular weight excluding hydrogens is 224 g/mol. The summed E-state index contributed by atoms with van der Waals surface area (Å²) in [6, 6.07) is 0.294. The van der Waals surface area contributed by atoms with Crippen molar-refractivity contribution in [1.82, 2.24) is 9.80 Å². The Kier molecular flexibility index (Phi) is 4.18. The van der Waals surface area contributed by atoms with Crippen LogP contribution in [0.25, 0.3) is 0 Å². The molecule has 2 saturated heterocycles. The minimum absolute atomic E-state index is 0.294. The van der Waals surface area contributed by atoms with E-state index in [-0.39, 0.29) is 0 Å². The van der Waals surface area contributed by atoms with Crippen LogP contribution in [0.2, 0.25) is 0 Å². The summed E-state index contributed by atoms with van der Waals surface area (Å²) in [5, 5.41) is 0. The van der Waals surface area contributed by atoms with Crippen LogP contribution in [0, 0.1) is 11.3 Å². The molecule has 3 heteroatoms. The Bertz CT molecular complexity index is 281. The second-order valence-electron chi connectivity index (χ2n) is 6.96. The van der Waals surface area contributed by atoms with Crippen LogP contribution in [-0.4, -0.2) is 42.0 Å². The first-order valence-electron chi connectivity index (χ1n) is 7.52. The molecule has 2 aliphatic heterocycles. The molecule has 0 aromatic rings. The molecule has 0 aromatic carbocycles. The highest BCUT2D eigenvalue weighted by atomic mass is 16.2. The van der Waals surface area contributed by atoms with Gasteiger partial charge in [0.25, 0.3) is 0 Å². The van der Waals surface area contributed by atoms with E-state index in [2.05, 4.69) is 30.6 Å². The Balaban J connectivity index is 1.83. The van der Waals surface area contributed by atoms with Crippen molar-refractivity contribution in [3.63, 3.8) is 0 Å². The Labute approximate surface area is 112 Å². The molecule has 3 nitrogen and oxygen atoms in total. The van der Waals surface area contributed by atoms with Gasteiger partial charge in [0.1, 0.15) is 0 Å². The maximum atomic E-state index is 12.4. The fourth-order valence-corrected chi connectivity index (χ4v) is 3.22. The van der Waals surface area contributed by atoms with Crippen LogP contribution < -0.4 is 0 Å². The minimum atomic E-state index is 0.294. The summed E-state index contributed by atoms with van der Waals surface area (Å²) < 4.78 is 0. The second-order valence-corrected chi connectivity index (χ2v) is 6.96. The first-order valence-corrected chi connectivity index (χ1v) is 7.52. The molecule has 2 heterocycles. The monoisotopic (exact) mass is 252 g/mol. The van der Waals surface area contributed by atoms with Crippen molar-refractivity contribution < 1.29 is 4.79 Å². The largest absolute Gasteiger partial charge is 0.325 e. The number of urea groups is 1. The number of carbonyl (C=O) groups is 1. The molecule has 2 amide bonds. The zero-order valence-electron chi connectivity index (χ0n) is 12.2. The lowest BCUT2D eigenvalue weighted by Gasteiger charge is -2.41. The zero-order valence-corrected chi connectivity index (χ0v) is 12.2. The second kappa shape index (κ2) is 5.50. The van der Waals surface area contributed by atoms with Crippen LogP contribution in [0.5, 0.6) is 0 Å². The third-order valence-corrected chi connectivity index (χ3v) is 4.62. The van der Waals surface area contributed by atoms with E-state index in [1.807, 2.05) is 0 Å². The SMILES string of the molecule is CC(C)(C)C1CCN(C(=O)N2CCCCC2)CC1. The molecule has 0 aliphatic carbocycles. The normalized spacial score (nSPS) is 23.3. The van der Waals surface area contributed by atoms with Crippen molar-refractivity contribution in [1.29, 1.82) is 0 Å². The van der Waals surface area contributed by atoms with Gasteiger partial charge in [-0.2, -0.15) is 0 Å². The number of rotatable bonds is 0. The maximum absolute atomic E-state index is 12.4. The third-order valence-electron chi connectivity index (χ3n) is 4.62. The van der Waals surface area contributed by atoms with Crippen LogP contribution in [0.3, 0.4) is 0 Å². The molecule has 0 unspecified atom stereocenters. The van der Waals surface area contributed by atoms with E-state index < -0.39 is 0 Å². The number of hydrogen-bond acceptors (Lipinski definition) is 1. The van der Waals surface area contributed by atoms with Crippen molar-refractivity contribution >= 4 is 6.03 Å². The van der Waals surface area contributed by atoms with Gasteiger partial charge < -0.3 is 9.80 Å². The number of nitrogens with zero attached hydrogens (tertiary/aromatic N) is 2. The van der Waals surface area contributed by atoms with Gasteiger partial charge in [-0.15, -0.1) is 0 Å². The summed E-state index contributed by atoms with van der Waals surface area (Å²) >= 11 is 0. The highest BCUT2D eigenvalue weighted by Gasteiger charge is 2.32. The Hall–Kier alpha value is -0.730. The van der Waals surface area contributed by atoms with Crippen LogP contribution in [0.1, 0.15) is 52.9 Å². The predicted octanol–water partition coefficient (Wildman–Crippen LogP) is 3.35. The topological polar surface area (TPSA) is 23.6 Å². The van der Waals surface area contributed by atoms with Gasteiger partial charge in [0.2, 0.25) is 0 Å². The quantitative estimate of drug-likeness (QED) is 0.648. The lowest BCUT2D eigenvalue weighted by atomic mass is 9.75. The molecule has 0 saturated carbocycles. The molecule has 2 fully saturated rings. The van der Waals surface area contributed by atoms with Crippen LogP contribution in [0.4, 0.5) is 4.79 Å². The summed E-state index contributed by atoms with van der Waals surface area (Å²) in [5.74, 6) is 0.767. The molecule has 104 valence electrons. The summed E-state index contributed by atoms with van der Waals surface area (Å²) in [7, 11) is 0. The fraction of sp³-hybridized carbons (Fsp3) is 0.933. The molecule has 2 rings (SSSR count). The van der Waals surface area contributed by atoms with Crippen molar-refractivity contribution in [2.24, 2.45) is 11.3 Å². The molecular formula is C15H28N2O. The van der Waals surface area contributed by atoms with Gasteiger partial charge in [0, 0.05) is 26.2 Å². The molecule has 0 radical (unpaired) electrons. The van der Waals surface area contributed by atoms with Crippen molar-refractivity contribution in [2.75, 3.05) is 26.2 Å². The Morgan fingerprint density at radius 2 is 1.39 bits per heavy atom. The number of amides is 2. The Morgan fingerprint density at radius 1 is 0.889 bits per heavy atom. The third kappa shape index (κ3) is 3.18. The predicted molar refractivity (Wildman–Crippen MR) is 74.6 cm³/mol. The first-order chi connectivity index (χ1) is 8.48. The number of hydrogen-bond donors (Lipinski definition) is 0. The smallest absolute Gasteiger partial charge is 0.319 e. The van der Waals surface area contributed by atoms with E-state index in [0.717, 1.165) is 32.1 Å². The van der Waals surface area contributed by atoms with Crippen LogP contribution >= 0.6 is 0 Å². The van der Waals surface area contributed by atoms with Gasteiger partial charge in [0.15, 0.2) is 0 Å². The molecule has 18 heavy (non-hydrogen) atoms. The van der Waals surface area contributed by atoms with Crippen LogP contribution in [-0.2, 0) is 0 Å². The highest BCUT2D eigenvalue weighted by molar-refractivity contribution is 5.74. The molecule has 0 spiro atoms. The molecule has 0 atom stereocenters. The van der Waals surface area contributed by atoms with E-state index >= 15 is 0 Å². The van der Waals surface area contributed by atoms with Crippen molar-refractivity contribution in [3.8, 4) is 0 Å². The summed E-state index contributed by atoms with van der Waals surface area (Å²) in [6.07, 6.45) is 6.00. The zero-order chi connectivity index (χ0) is 13.2. The number of likely N-dealkylation sites (tertiary alicyclic amines) is 2. The van der Waals surface area contributed by atoms with Crippen LogP contribution in [0.15, 0.2) is 0 Å². The molecule has 0 N–H and O–H groups in total. The van der Waals surface area contributed by atoms with Gasteiger partial charge in [-0.25, -0.2) is 4.79 Å². The van der Waals surface area contributed by atoms with Gasteiger partial charge in [-0.05, 0) is 43.4 Å². The molecule has 2 aliphatic rings. The van der Waals surface area contributed by atoms with Gasteiger partial charge in [-0.3, -0.25) is 0 Å². The van der Waals surface area contributed by atoms with Crippen molar-refractivity contribution in [3.05, 3.63) is 0 Å². The van der Waals surface area contributed by atoms with E-state index in [1.54, 1.807) is 0 Å². The fourth-order valence-electron chi connectivity index (χ4n) is 3.22. The standard InChI is InChI=1S/C15H28N2O/c1-15(2,3)13-7-11-17(12-8-13)14(18)16-9-5-4-6-10-16/h13H,4-12H2,1-3H3. The van der Waals surface area contributed by atoms with Gasteiger partial charge >= 0.3 is 6.03 Å². The minimum Gasteiger partial charge on any atom is -0.325 e. The van der Waals surface area contributed by atoms with E-state index in [0.29, 0.717) is 11.4 Å². The molecule has 0 aromatic heterocycles. The first kappa shape index (κ1) is 13.7. The van der Waals surface area contributed by atoms with Gasteiger partial charge in [-0.1, -0.05) is 20.8 Å². The summed E-state index contributed by atoms with van der Waals surface area (Å²) in [6.45, 7) is 10.8. The lowest BCUT2D eigenvalue weighted by molar-refractivity contribution is 0.0975. The molecule has 0 bridgehead atoms. The average molecular weight is 252 g/mol. The summed E-state index contributed by atoms with van der Waals surface area (Å²) in [5.41, 5.74) is 0.389. The Morgan fingerprint density at radius 3 is 1.89 bits per heavy atom. The maximum Gasteiger partial charge on any atom is 0.319 e. The number of carbonyl (C=O) groups excluding carboxylic acids is 1. The lowest BCUT2D eigenvalue weighted by Crippen LogP contribution is -2.49.